The smallest absolute Gasteiger partial charge is 0.341 e. The molecule has 0 aliphatic carbocycles. The van der Waals surface area contributed by atoms with Gasteiger partial charge in [-0.2, -0.15) is 13.2 Å². The number of amides is 1. The molecule has 0 aromatic carbocycles. The number of nitrogens with one attached hydrogen (secondary N) is 1. The minimum Gasteiger partial charge on any atom is -0.341 e. The minimum atomic E-state index is -4.25. The summed E-state index contributed by atoms with van der Waals surface area (Å²) in [5.74, 6) is -0.383. The highest BCUT2D eigenvalue weighted by atomic mass is 19.4. The standard InChI is InChI=1S/C13H23F3N2O/c1-2-9-18(10-11-5-3-4-8-17-11)12(19)6-7-13(14,15)16/h11,17H,2-10H2,1H3. The zero-order chi connectivity index (χ0) is 14.3. The maximum atomic E-state index is 12.1. The number of hydrogen-bond donors (Lipinski definition) is 1. The van der Waals surface area contributed by atoms with Crippen molar-refractivity contribution in [1.82, 2.24) is 10.2 Å². The van der Waals surface area contributed by atoms with E-state index in [0.29, 0.717) is 13.1 Å². The molecule has 1 N–H and O–H groups in total. The molecule has 1 fully saturated rings. The van der Waals surface area contributed by atoms with E-state index in [-0.39, 0.29) is 11.9 Å². The predicted molar refractivity (Wildman–Crippen MR) is 67.8 cm³/mol. The van der Waals surface area contributed by atoms with Gasteiger partial charge in [0.25, 0.3) is 0 Å². The fourth-order valence-electron chi connectivity index (χ4n) is 2.34. The summed E-state index contributed by atoms with van der Waals surface area (Å²) in [7, 11) is 0. The lowest BCUT2D eigenvalue weighted by Gasteiger charge is -2.30. The van der Waals surface area contributed by atoms with Crippen LogP contribution >= 0.6 is 0 Å². The number of piperidine rings is 1. The van der Waals surface area contributed by atoms with E-state index >= 15 is 0 Å². The van der Waals surface area contributed by atoms with Gasteiger partial charge in [-0.1, -0.05) is 13.3 Å². The van der Waals surface area contributed by atoms with E-state index in [1.165, 1.54) is 0 Å². The molecule has 0 aromatic heterocycles. The average molecular weight is 280 g/mol. The molecule has 112 valence electrons. The van der Waals surface area contributed by atoms with Crippen LogP contribution in [0.5, 0.6) is 0 Å². The zero-order valence-corrected chi connectivity index (χ0v) is 11.4. The zero-order valence-electron chi connectivity index (χ0n) is 11.4. The Morgan fingerprint density at radius 2 is 2.11 bits per heavy atom. The van der Waals surface area contributed by atoms with Gasteiger partial charge in [-0.3, -0.25) is 4.79 Å². The van der Waals surface area contributed by atoms with Gasteiger partial charge >= 0.3 is 6.18 Å². The van der Waals surface area contributed by atoms with E-state index in [1.807, 2.05) is 6.92 Å². The first-order valence-corrected chi connectivity index (χ1v) is 7.00. The van der Waals surface area contributed by atoms with E-state index in [2.05, 4.69) is 5.32 Å². The number of halogens is 3. The summed E-state index contributed by atoms with van der Waals surface area (Å²) in [5, 5.41) is 3.32. The van der Waals surface area contributed by atoms with Crippen LogP contribution in [0.25, 0.3) is 0 Å². The van der Waals surface area contributed by atoms with Gasteiger partial charge in [-0.05, 0) is 25.8 Å². The van der Waals surface area contributed by atoms with E-state index in [0.717, 1.165) is 32.2 Å². The summed E-state index contributed by atoms with van der Waals surface area (Å²) in [5.41, 5.74) is 0. The first kappa shape index (κ1) is 16.3. The molecule has 1 heterocycles. The molecule has 19 heavy (non-hydrogen) atoms. The molecule has 0 bridgehead atoms. The maximum absolute atomic E-state index is 12.1. The average Bonchev–Trinajstić information content (AvgIpc) is 2.36. The minimum absolute atomic E-state index is 0.232. The third kappa shape index (κ3) is 6.80. The fraction of sp³-hybridized carbons (Fsp3) is 0.923. The number of alkyl halides is 3. The first-order chi connectivity index (χ1) is 8.92. The third-order valence-electron chi connectivity index (χ3n) is 3.32. The van der Waals surface area contributed by atoms with E-state index in [9.17, 15) is 18.0 Å². The molecule has 1 atom stereocenters. The lowest BCUT2D eigenvalue weighted by Crippen LogP contribution is -2.46. The second-order valence-corrected chi connectivity index (χ2v) is 5.10. The van der Waals surface area contributed by atoms with Crippen molar-refractivity contribution >= 4 is 5.91 Å². The Labute approximate surface area is 112 Å². The van der Waals surface area contributed by atoms with Gasteiger partial charge in [0, 0.05) is 25.6 Å². The SMILES string of the molecule is CCCN(CC1CCCCN1)C(=O)CCC(F)(F)F. The van der Waals surface area contributed by atoms with Gasteiger partial charge in [-0.25, -0.2) is 0 Å². The van der Waals surface area contributed by atoms with E-state index < -0.39 is 19.0 Å². The fourth-order valence-corrected chi connectivity index (χ4v) is 2.34. The van der Waals surface area contributed by atoms with Gasteiger partial charge in [-0.15, -0.1) is 0 Å². The van der Waals surface area contributed by atoms with Gasteiger partial charge in [0.1, 0.15) is 0 Å². The first-order valence-electron chi connectivity index (χ1n) is 7.00. The Kier molecular flexibility index (Phi) is 6.62. The molecule has 1 amide bonds. The second-order valence-electron chi connectivity index (χ2n) is 5.10. The summed E-state index contributed by atoms with van der Waals surface area (Å²) in [6.07, 6.45) is -1.70. The Bertz CT molecular complexity index is 276. The van der Waals surface area contributed by atoms with Gasteiger partial charge in [0.05, 0.1) is 6.42 Å². The number of hydrogen-bond acceptors (Lipinski definition) is 2. The van der Waals surface area contributed by atoms with Crippen molar-refractivity contribution in [2.75, 3.05) is 19.6 Å². The van der Waals surface area contributed by atoms with Crippen molar-refractivity contribution < 1.29 is 18.0 Å². The van der Waals surface area contributed by atoms with Crippen LogP contribution in [-0.4, -0.2) is 42.7 Å². The summed E-state index contributed by atoms with van der Waals surface area (Å²) in [6.45, 7) is 3.93. The normalized spacial score (nSPS) is 20.3. The van der Waals surface area contributed by atoms with Crippen LogP contribution in [0.2, 0.25) is 0 Å². The van der Waals surface area contributed by atoms with Crippen molar-refractivity contribution in [2.45, 2.75) is 57.7 Å². The number of nitrogens with zero attached hydrogens (tertiary/aromatic N) is 1. The summed E-state index contributed by atoms with van der Waals surface area (Å²) >= 11 is 0. The molecule has 0 radical (unpaired) electrons. The van der Waals surface area contributed by atoms with Crippen molar-refractivity contribution in [3.63, 3.8) is 0 Å². The molecule has 3 nitrogen and oxygen atoms in total. The second kappa shape index (κ2) is 7.72. The van der Waals surface area contributed by atoms with E-state index in [1.54, 1.807) is 4.90 Å². The third-order valence-corrected chi connectivity index (χ3v) is 3.32. The highest BCUT2D eigenvalue weighted by Gasteiger charge is 2.29. The highest BCUT2D eigenvalue weighted by molar-refractivity contribution is 5.76. The number of carbonyl (C=O) groups is 1. The summed E-state index contributed by atoms with van der Waals surface area (Å²) in [6, 6.07) is 0.232. The molecule has 1 unspecified atom stereocenters. The molecular formula is C13H23F3N2O. The Hall–Kier alpha value is -0.780. The Morgan fingerprint density at radius 3 is 2.63 bits per heavy atom. The molecule has 6 heteroatoms. The Balaban J connectivity index is 2.43. The van der Waals surface area contributed by atoms with Crippen LogP contribution < -0.4 is 5.32 Å². The molecule has 1 aliphatic rings. The number of carbonyl (C=O) groups excluding carboxylic acids is 1. The largest absolute Gasteiger partial charge is 0.389 e. The molecule has 1 rings (SSSR count). The molecule has 1 aliphatic heterocycles. The topological polar surface area (TPSA) is 32.3 Å². The summed E-state index contributed by atoms with van der Waals surface area (Å²) in [4.78, 5) is 13.4. The monoisotopic (exact) mass is 280 g/mol. The Morgan fingerprint density at radius 1 is 1.37 bits per heavy atom. The van der Waals surface area contributed by atoms with Crippen LogP contribution in [0, 0.1) is 0 Å². The van der Waals surface area contributed by atoms with Gasteiger partial charge in [0.2, 0.25) is 5.91 Å². The maximum Gasteiger partial charge on any atom is 0.389 e. The number of rotatable bonds is 6. The molecule has 0 saturated carbocycles. The lowest BCUT2D eigenvalue weighted by atomic mass is 10.0. The quantitative estimate of drug-likeness (QED) is 0.811. The summed E-state index contributed by atoms with van der Waals surface area (Å²) < 4.78 is 36.4. The van der Waals surface area contributed by atoms with Crippen molar-refractivity contribution in [1.29, 1.82) is 0 Å². The molecule has 1 saturated heterocycles. The van der Waals surface area contributed by atoms with Crippen LogP contribution in [0.4, 0.5) is 13.2 Å². The molecule has 0 spiro atoms. The van der Waals surface area contributed by atoms with Crippen molar-refractivity contribution in [3.8, 4) is 0 Å². The lowest BCUT2D eigenvalue weighted by molar-refractivity contribution is -0.149. The highest BCUT2D eigenvalue weighted by Crippen LogP contribution is 2.22. The van der Waals surface area contributed by atoms with Gasteiger partial charge in [0.15, 0.2) is 0 Å². The van der Waals surface area contributed by atoms with E-state index in [4.69, 9.17) is 0 Å². The predicted octanol–water partition coefficient (Wildman–Crippen LogP) is 2.71. The van der Waals surface area contributed by atoms with Crippen LogP contribution in [0.1, 0.15) is 45.4 Å². The van der Waals surface area contributed by atoms with Crippen LogP contribution in [0.15, 0.2) is 0 Å². The van der Waals surface area contributed by atoms with Crippen LogP contribution in [0.3, 0.4) is 0 Å². The van der Waals surface area contributed by atoms with Crippen molar-refractivity contribution in [2.24, 2.45) is 0 Å². The molecule has 0 aromatic rings. The van der Waals surface area contributed by atoms with Gasteiger partial charge < -0.3 is 10.2 Å². The van der Waals surface area contributed by atoms with Crippen molar-refractivity contribution in [3.05, 3.63) is 0 Å². The van der Waals surface area contributed by atoms with Crippen LogP contribution in [-0.2, 0) is 4.79 Å². The molecular weight excluding hydrogens is 257 g/mol.